The summed E-state index contributed by atoms with van der Waals surface area (Å²) in [6, 6.07) is 2.90. The number of thiazole rings is 1. The first-order valence-corrected chi connectivity index (χ1v) is 8.69. The summed E-state index contributed by atoms with van der Waals surface area (Å²) >= 11 is 1.52. The molecule has 0 bridgehead atoms. The summed E-state index contributed by atoms with van der Waals surface area (Å²) in [5, 5.41) is 1.91. The minimum absolute atomic E-state index is 0.0307. The first-order chi connectivity index (χ1) is 10.1. The minimum Gasteiger partial charge on any atom is -0.292 e. The highest BCUT2D eigenvalue weighted by atomic mass is 32.1. The zero-order chi connectivity index (χ0) is 15.0. The van der Waals surface area contributed by atoms with Crippen LogP contribution in [0.3, 0.4) is 0 Å². The molecule has 0 aromatic carbocycles. The van der Waals surface area contributed by atoms with Crippen molar-refractivity contribution in [2.75, 3.05) is 0 Å². The molecule has 2 aromatic rings. The van der Waals surface area contributed by atoms with Crippen molar-refractivity contribution in [1.29, 1.82) is 0 Å². The van der Waals surface area contributed by atoms with E-state index >= 15 is 0 Å². The van der Waals surface area contributed by atoms with Crippen LogP contribution in [-0.2, 0) is 6.54 Å². The first kappa shape index (κ1) is 14.7. The quantitative estimate of drug-likeness (QED) is 0.823. The molecule has 2 aromatic heterocycles. The van der Waals surface area contributed by atoms with Gasteiger partial charge in [0.05, 0.1) is 5.69 Å². The molecule has 5 heteroatoms. The second kappa shape index (κ2) is 5.89. The molecule has 0 aliphatic heterocycles. The van der Waals surface area contributed by atoms with Crippen LogP contribution in [0.1, 0.15) is 45.7 Å². The summed E-state index contributed by atoms with van der Waals surface area (Å²) in [6.07, 6.45) is 5.53. The number of hydrogen-bond donors (Lipinski definition) is 0. The third-order valence-electron chi connectivity index (χ3n) is 4.71. The highest BCUT2D eigenvalue weighted by Crippen LogP contribution is 2.32. The van der Waals surface area contributed by atoms with Crippen LogP contribution in [-0.4, -0.2) is 26.4 Å². The predicted molar refractivity (Wildman–Crippen MR) is 86.8 cm³/mol. The average molecular weight is 305 g/mol. The summed E-state index contributed by atoms with van der Waals surface area (Å²) in [5.74, 6) is 0.664. The van der Waals surface area contributed by atoms with E-state index in [1.54, 1.807) is 16.7 Å². The molecule has 2 atom stereocenters. The molecule has 21 heavy (non-hydrogen) atoms. The second-order valence-electron chi connectivity index (χ2n) is 6.17. The zero-order valence-corrected chi connectivity index (χ0v) is 13.8. The first-order valence-electron chi connectivity index (χ1n) is 7.81. The van der Waals surface area contributed by atoms with E-state index in [0.29, 0.717) is 18.0 Å². The lowest BCUT2D eigenvalue weighted by molar-refractivity contribution is 0.139. The SMILES string of the molecule is CCC(C)C(C)N(Cc1cc(=O)n2ccsc2n1)C1CC1. The van der Waals surface area contributed by atoms with Gasteiger partial charge in [-0.15, -0.1) is 11.3 Å². The molecule has 0 N–H and O–H groups in total. The van der Waals surface area contributed by atoms with E-state index in [4.69, 9.17) is 0 Å². The van der Waals surface area contributed by atoms with Crippen molar-refractivity contribution < 1.29 is 0 Å². The maximum Gasteiger partial charge on any atom is 0.258 e. The van der Waals surface area contributed by atoms with Crippen molar-refractivity contribution in [2.24, 2.45) is 5.92 Å². The number of hydrogen-bond acceptors (Lipinski definition) is 4. The van der Waals surface area contributed by atoms with Crippen LogP contribution in [0.15, 0.2) is 22.4 Å². The van der Waals surface area contributed by atoms with Crippen molar-refractivity contribution in [3.8, 4) is 0 Å². The van der Waals surface area contributed by atoms with Crippen molar-refractivity contribution in [2.45, 2.75) is 58.7 Å². The van der Waals surface area contributed by atoms with Crippen LogP contribution in [0.5, 0.6) is 0 Å². The van der Waals surface area contributed by atoms with E-state index < -0.39 is 0 Å². The predicted octanol–water partition coefficient (Wildman–Crippen LogP) is 3.16. The van der Waals surface area contributed by atoms with E-state index in [9.17, 15) is 4.79 Å². The molecule has 1 fully saturated rings. The number of rotatable bonds is 6. The van der Waals surface area contributed by atoms with E-state index in [-0.39, 0.29) is 5.56 Å². The standard InChI is InChI=1S/C16H23N3OS/c1-4-11(2)12(3)19(14-5-6-14)10-13-9-15(20)18-7-8-21-16(18)17-13/h7-9,11-12,14H,4-6,10H2,1-3H3. The molecule has 2 heterocycles. The molecule has 2 unspecified atom stereocenters. The molecule has 0 saturated heterocycles. The van der Waals surface area contributed by atoms with Crippen LogP contribution >= 0.6 is 11.3 Å². The minimum atomic E-state index is 0.0307. The maximum atomic E-state index is 12.1. The third-order valence-corrected chi connectivity index (χ3v) is 5.46. The largest absolute Gasteiger partial charge is 0.292 e. The van der Waals surface area contributed by atoms with Gasteiger partial charge in [0.2, 0.25) is 0 Å². The molecule has 1 saturated carbocycles. The number of aromatic nitrogens is 2. The highest BCUT2D eigenvalue weighted by molar-refractivity contribution is 7.15. The molecular weight excluding hydrogens is 282 g/mol. The summed E-state index contributed by atoms with van der Waals surface area (Å²) in [4.78, 5) is 20.1. The molecule has 1 aliphatic carbocycles. The normalized spacial score (nSPS) is 18.3. The van der Waals surface area contributed by atoms with Crippen LogP contribution in [0, 0.1) is 5.92 Å². The summed E-state index contributed by atoms with van der Waals surface area (Å²) < 4.78 is 1.62. The Kier molecular flexibility index (Phi) is 4.13. The van der Waals surface area contributed by atoms with E-state index in [0.717, 1.165) is 17.2 Å². The Bertz CT molecular complexity index is 673. The van der Waals surface area contributed by atoms with Crippen LogP contribution in [0.4, 0.5) is 0 Å². The fourth-order valence-electron chi connectivity index (χ4n) is 2.84. The van der Waals surface area contributed by atoms with Crippen molar-refractivity contribution in [1.82, 2.24) is 14.3 Å². The Morgan fingerprint density at radius 1 is 1.48 bits per heavy atom. The number of nitrogens with zero attached hydrogens (tertiary/aromatic N) is 3. The van der Waals surface area contributed by atoms with Gasteiger partial charge in [0, 0.05) is 36.3 Å². The monoisotopic (exact) mass is 305 g/mol. The molecule has 3 rings (SSSR count). The van der Waals surface area contributed by atoms with E-state index in [1.165, 1.54) is 30.6 Å². The van der Waals surface area contributed by atoms with Gasteiger partial charge in [0.25, 0.3) is 5.56 Å². The molecule has 0 amide bonds. The summed E-state index contributed by atoms with van der Waals surface area (Å²) in [7, 11) is 0. The van der Waals surface area contributed by atoms with Gasteiger partial charge < -0.3 is 0 Å². The van der Waals surface area contributed by atoms with Gasteiger partial charge in [0.1, 0.15) is 0 Å². The molecule has 4 nitrogen and oxygen atoms in total. The van der Waals surface area contributed by atoms with Crippen molar-refractivity contribution in [3.05, 3.63) is 33.7 Å². The van der Waals surface area contributed by atoms with Gasteiger partial charge >= 0.3 is 0 Å². The second-order valence-corrected chi connectivity index (χ2v) is 7.04. The highest BCUT2D eigenvalue weighted by Gasteiger charge is 2.34. The molecule has 1 aliphatic rings. The van der Waals surface area contributed by atoms with Gasteiger partial charge in [-0.1, -0.05) is 20.3 Å². The average Bonchev–Trinajstić information content (AvgIpc) is 3.20. The zero-order valence-electron chi connectivity index (χ0n) is 13.0. The smallest absolute Gasteiger partial charge is 0.258 e. The molecule has 0 radical (unpaired) electrons. The topological polar surface area (TPSA) is 37.6 Å². The van der Waals surface area contributed by atoms with Crippen LogP contribution in [0.25, 0.3) is 4.96 Å². The summed E-state index contributed by atoms with van der Waals surface area (Å²) in [6.45, 7) is 7.65. The van der Waals surface area contributed by atoms with Crippen LogP contribution in [0.2, 0.25) is 0 Å². The Morgan fingerprint density at radius 3 is 2.90 bits per heavy atom. The fourth-order valence-corrected chi connectivity index (χ4v) is 3.57. The lowest BCUT2D eigenvalue weighted by atomic mass is 9.99. The van der Waals surface area contributed by atoms with Crippen molar-refractivity contribution in [3.63, 3.8) is 0 Å². The van der Waals surface area contributed by atoms with Crippen LogP contribution < -0.4 is 5.56 Å². The third kappa shape index (κ3) is 3.04. The van der Waals surface area contributed by atoms with Gasteiger partial charge in [-0.05, 0) is 25.7 Å². The van der Waals surface area contributed by atoms with Gasteiger partial charge in [-0.2, -0.15) is 0 Å². The van der Waals surface area contributed by atoms with Gasteiger partial charge in [0.15, 0.2) is 4.96 Å². The van der Waals surface area contributed by atoms with Crippen molar-refractivity contribution >= 4 is 16.3 Å². The lowest BCUT2D eigenvalue weighted by Gasteiger charge is -2.32. The maximum absolute atomic E-state index is 12.1. The van der Waals surface area contributed by atoms with E-state index in [2.05, 4.69) is 30.7 Å². The Hall–Kier alpha value is -1.20. The van der Waals surface area contributed by atoms with Gasteiger partial charge in [-0.3, -0.25) is 14.1 Å². The molecule has 114 valence electrons. The van der Waals surface area contributed by atoms with Gasteiger partial charge in [-0.25, -0.2) is 4.98 Å². The molecular formula is C16H23N3OS. The Labute approximate surface area is 129 Å². The van der Waals surface area contributed by atoms with E-state index in [1.807, 2.05) is 5.38 Å². The summed E-state index contributed by atoms with van der Waals surface area (Å²) in [5.41, 5.74) is 0.938. The lowest BCUT2D eigenvalue weighted by Crippen LogP contribution is -2.39. The fraction of sp³-hybridized carbons (Fsp3) is 0.625. The molecule has 0 spiro atoms. The Morgan fingerprint density at radius 2 is 2.24 bits per heavy atom. The number of fused-ring (bicyclic) bond motifs is 1. The Balaban J connectivity index is 1.85.